The van der Waals surface area contributed by atoms with Gasteiger partial charge in [-0.1, -0.05) is 19.1 Å². The molecule has 70 heavy (non-hydrogen) atoms. The molecule has 25 heteroatoms. The maximum atomic E-state index is 13.9. The number of allylic oxidation sites excluding steroid dienone is 2. The number of esters is 1. The number of carbonyl (C=O) groups excluding carboxylic acids is 11. The monoisotopic (exact) mass is 1010 g/mol. The largest absolute Gasteiger partial charge is 0.467 e. The van der Waals surface area contributed by atoms with Crippen LogP contribution in [0.25, 0.3) is 0 Å². The van der Waals surface area contributed by atoms with E-state index in [0.717, 1.165) is 26.7 Å². The third-order valence-electron chi connectivity index (χ3n) is 12.3. The molecule has 0 aliphatic carbocycles. The first-order valence-electron chi connectivity index (χ1n) is 22.9. The molecule has 0 heterocycles. The number of amides is 10. The van der Waals surface area contributed by atoms with E-state index in [1.165, 1.54) is 102 Å². The molecule has 398 valence electrons. The summed E-state index contributed by atoms with van der Waals surface area (Å²) in [7, 11) is 9.95. The molecule has 0 rings (SSSR count). The van der Waals surface area contributed by atoms with Crippen LogP contribution in [0.2, 0.25) is 0 Å². The lowest BCUT2D eigenvalue weighted by Crippen LogP contribution is -2.62. The predicted octanol–water partition coefficient (Wildman–Crippen LogP) is -2.90. The Labute approximate surface area is 413 Å². The summed E-state index contributed by atoms with van der Waals surface area (Å²) in [4.78, 5) is 150. The van der Waals surface area contributed by atoms with Crippen molar-refractivity contribution < 1.29 is 67.7 Å². The summed E-state index contributed by atoms with van der Waals surface area (Å²) >= 11 is 0. The van der Waals surface area contributed by atoms with Crippen LogP contribution in [0.3, 0.4) is 0 Å². The average Bonchev–Trinajstić information content (AvgIpc) is 3.32. The molecule has 0 aromatic rings. The van der Waals surface area contributed by atoms with Crippen LogP contribution in [-0.2, 0) is 57.5 Å². The van der Waals surface area contributed by atoms with E-state index in [-0.39, 0.29) is 12.1 Å². The summed E-state index contributed by atoms with van der Waals surface area (Å²) in [5, 5.41) is 33.9. The summed E-state index contributed by atoms with van der Waals surface area (Å²) < 4.78 is 4.68. The first-order valence-corrected chi connectivity index (χ1v) is 23.7. The van der Waals surface area contributed by atoms with Gasteiger partial charge in [0.25, 0.3) is 0 Å². The number of nitrogens with zero attached hydrogens (tertiary/aromatic N) is 5. The minimum atomic E-state index is -1.60. The van der Waals surface area contributed by atoms with Crippen LogP contribution >= 0.6 is 9.24 Å². The van der Waals surface area contributed by atoms with Crippen molar-refractivity contribution in [3.8, 4) is 0 Å². The fourth-order valence-electron chi connectivity index (χ4n) is 6.67. The Morgan fingerprint density at radius 2 is 0.886 bits per heavy atom. The van der Waals surface area contributed by atoms with Crippen LogP contribution in [0.5, 0.6) is 0 Å². The SMILES string of the molecule is C/C=C/CC(C)C(O)C(C(=O)NC(C(=O)OC)C(C)O)N(C)C(=O)C(C)N(C)C(=O)C(C)NC(=O)C(C)N(C)C(=O)C(C)NC(=O)C(C)NC(=O)C(C)N(C)C(=O)C(C)NC(=O)C(C)N(C)C(=O)CP. The molecule has 0 aromatic carbocycles. The maximum absolute atomic E-state index is 13.9. The Hall–Kier alpha value is -5.74. The lowest BCUT2D eigenvalue weighted by molar-refractivity contribution is -0.154. The molecule has 7 N–H and O–H groups in total. The van der Waals surface area contributed by atoms with Gasteiger partial charge in [-0.2, -0.15) is 0 Å². The number of aliphatic hydroxyl groups excluding tert-OH is 2. The van der Waals surface area contributed by atoms with Crippen LogP contribution in [-0.4, -0.2) is 221 Å². The second kappa shape index (κ2) is 29.4. The normalized spacial score (nSPS) is 16.8. The Morgan fingerprint density at radius 3 is 1.26 bits per heavy atom. The van der Waals surface area contributed by atoms with Gasteiger partial charge in [-0.05, 0) is 81.6 Å². The van der Waals surface area contributed by atoms with Crippen molar-refractivity contribution in [3.63, 3.8) is 0 Å². The number of nitrogens with one attached hydrogen (secondary N) is 5. The molecule has 10 amide bonds. The smallest absolute Gasteiger partial charge is 0.331 e. The van der Waals surface area contributed by atoms with E-state index in [1.54, 1.807) is 26.0 Å². The van der Waals surface area contributed by atoms with Crippen LogP contribution in [0.1, 0.15) is 82.6 Å². The molecule has 0 saturated carbocycles. The van der Waals surface area contributed by atoms with E-state index in [9.17, 15) is 63.0 Å². The van der Waals surface area contributed by atoms with Crippen molar-refractivity contribution in [2.45, 2.75) is 155 Å². The van der Waals surface area contributed by atoms with Crippen molar-refractivity contribution in [2.24, 2.45) is 5.92 Å². The predicted molar refractivity (Wildman–Crippen MR) is 261 cm³/mol. The summed E-state index contributed by atoms with van der Waals surface area (Å²) in [6.07, 6.45) is 1.04. The summed E-state index contributed by atoms with van der Waals surface area (Å²) in [6.45, 7) is 15.8. The zero-order valence-electron chi connectivity index (χ0n) is 43.7. The number of aliphatic hydroxyl groups is 2. The molecular formula is C45H79N10O14P. The van der Waals surface area contributed by atoms with Crippen molar-refractivity contribution in [1.29, 1.82) is 0 Å². The average molecular weight is 1020 g/mol. The van der Waals surface area contributed by atoms with Crippen molar-refractivity contribution >= 4 is 74.3 Å². The van der Waals surface area contributed by atoms with Gasteiger partial charge in [0.05, 0.1) is 19.3 Å². The van der Waals surface area contributed by atoms with Crippen molar-refractivity contribution in [3.05, 3.63) is 12.2 Å². The number of likely N-dealkylation sites (N-methyl/N-ethyl adjacent to an activating group) is 5. The molecule has 0 fully saturated rings. The molecule has 14 unspecified atom stereocenters. The van der Waals surface area contributed by atoms with Gasteiger partial charge in [-0.3, -0.25) is 47.9 Å². The fourth-order valence-corrected chi connectivity index (χ4v) is 6.96. The second-order valence-electron chi connectivity index (χ2n) is 17.6. The van der Waals surface area contributed by atoms with E-state index in [2.05, 4.69) is 40.6 Å². The van der Waals surface area contributed by atoms with Gasteiger partial charge in [-0.25, -0.2) is 4.79 Å². The molecule has 0 radical (unpaired) electrons. The standard InChI is InChI=1S/C45H79N10O14P/c1-18-19-20-22(2)35(58)34(40(63)50-33(31(11)56)45(68)69-17)55(16)44(67)30(10)54(15)43(66)26(6)49-39(62)29(9)53(14)41(64)24(4)47-36(59)23(3)46-38(61)28(8)52(13)42(65)25(5)48-37(60)27(7)51(12)32(57)21-70/h18-19,22-31,33-35,56,58H,20-21,70H2,1-17H3,(H,46,61)(H,47,59)(H,48,60)(H,49,62)(H,50,63)/b19-18+. The van der Waals surface area contributed by atoms with Crippen molar-refractivity contribution in [1.82, 2.24) is 51.1 Å². The summed E-state index contributed by atoms with van der Waals surface area (Å²) in [6, 6.07) is -12.3. The minimum Gasteiger partial charge on any atom is -0.467 e. The van der Waals surface area contributed by atoms with Crippen LogP contribution in [0.4, 0.5) is 0 Å². The van der Waals surface area contributed by atoms with Gasteiger partial charge < -0.3 is 66.0 Å². The molecule has 0 aliphatic rings. The lowest BCUT2D eigenvalue weighted by atomic mass is 9.92. The van der Waals surface area contributed by atoms with Gasteiger partial charge in [-0.15, -0.1) is 9.24 Å². The highest BCUT2D eigenvalue weighted by Gasteiger charge is 2.42. The van der Waals surface area contributed by atoms with E-state index in [4.69, 9.17) is 0 Å². The topological polar surface area (TPSA) is 314 Å². The molecule has 0 bridgehead atoms. The van der Waals surface area contributed by atoms with Gasteiger partial charge in [0.2, 0.25) is 59.1 Å². The zero-order chi connectivity index (χ0) is 54.8. The maximum Gasteiger partial charge on any atom is 0.331 e. The first-order chi connectivity index (χ1) is 32.3. The van der Waals surface area contributed by atoms with Crippen LogP contribution in [0.15, 0.2) is 12.2 Å². The number of rotatable bonds is 26. The van der Waals surface area contributed by atoms with Crippen molar-refractivity contribution in [2.75, 3.05) is 48.5 Å². The highest BCUT2D eigenvalue weighted by molar-refractivity contribution is 7.18. The third-order valence-corrected chi connectivity index (χ3v) is 12.6. The van der Waals surface area contributed by atoms with E-state index in [1.807, 2.05) is 0 Å². The number of methoxy groups -OCH3 is 1. The van der Waals surface area contributed by atoms with Gasteiger partial charge >= 0.3 is 5.97 Å². The van der Waals surface area contributed by atoms with Gasteiger partial charge in [0.15, 0.2) is 6.04 Å². The quantitative estimate of drug-likeness (QED) is 0.0260. The number of carbonyl (C=O) groups is 11. The number of hydrogen-bond donors (Lipinski definition) is 7. The third kappa shape index (κ3) is 17.9. The molecular weight excluding hydrogens is 936 g/mol. The minimum absolute atomic E-state index is 0.104. The first kappa shape index (κ1) is 64.3. The van der Waals surface area contributed by atoms with E-state index in [0.29, 0.717) is 6.42 Å². The van der Waals surface area contributed by atoms with Crippen LogP contribution < -0.4 is 26.6 Å². The van der Waals surface area contributed by atoms with Gasteiger partial charge in [0, 0.05) is 41.4 Å². The Bertz CT molecular complexity index is 1920. The summed E-state index contributed by atoms with van der Waals surface area (Å²) in [5.74, 6) is -8.55. The molecule has 14 atom stereocenters. The molecule has 0 aromatic heterocycles. The van der Waals surface area contributed by atoms with Crippen LogP contribution in [0, 0.1) is 5.92 Å². The molecule has 24 nitrogen and oxygen atoms in total. The Balaban J connectivity index is 5.73. The van der Waals surface area contributed by atoms with E-state index < -0.39 is 138 Å². The van der Waals surface area contributed by atoms with Gasteiger partial charge in [0.1, 0.15) is 54.4 Å². The lowest BCUT2D eigenvalue weighted by Gasteiger charge is -2.37. The Morgan fingerprint density at radius 1 is 0.514 bits per heavy atom. The molecule has 0 saturated heterocycles. The van der Waals surface area contributed by atoms with E-state index >= 15 is 0 Å². The Kier molecular flexibility index (Phi) is 27.0. The second-order valence-corrected chi connectivity index (χ2v) is 18.0. The highest BCUT2D eigenvalue weighted by Crippen LogP contribution is 2.19. The molecule has 0 spiro atoms. The fraction of sp³-hybridized carbons (Fsp3) is 0.711. The highest BCUT2D eigenvalue weighted by atomic mass is 31.0. The molecule has 0 aliphatic heterocycles. The number of ether oxygens (including phenoxy) is 1. The number of hydrogen-bond acceptors (Lipinski definition) is 14. The summed E-state index contributed by atoms with van der Waals surface area (Å²) in [5.41, 5.74) is 0. The zero-order valence-corrected chi connectivity index (χ0v) is 44.8.